The predicted molar refractivity (Wildman–Crippen MR) is 119 cm³/mol. The molecule has 0 aromatic heterocycles. The number of benzene rings is 4. The Morgan fingerprint density at radius 1 is 0.931 bits per heavy atom. The van der Waals surface area contributed by atoms with E-state index in [1.54, 1.807) is 18.3 Å². The van der Waals surface area contributed by atoms with Crippen LogP contribution in [0.15, 0.2) is 84.0 Å². The highest BCUT2D eigenvalue weighted by molar-refractivity contribution is 6.13. The number of ether oxygens (including phenoxy) is 1. The fraction of sp³-hybridized carbons (Fsp3) is 0.120. The van der Waals surface area contributed by atoms with Crippen LogP contribution >= 0.6 is 0 Å². The normalized spacial score (nSPS) is 11.2. The van der Waals surface area contributed by atoms with Crippen molar-refractivity contribution >= 4 is 33.7 Å². The molecule has 0 aliphatic carbocycles. The van der Waals surface area contributed by atoms with Crippen LogP contribution in [-0.4, -0.2) is 18.7 Å². The maximum Gasteiger partial charge on any atom is 0.275 e. The molecular weight excluding hydrogens is 360 g/mol. The number of hydrogen-bond donors (Lipinski definition) is 1. The number of nitrogens with zero attached hydrogens (tertiary/aromatic N) is 1. The molecule has 0 unspecified atom stereocenters. The van der Waals surface area contributed by atoms with E-state index in [1.807, 2.05) is 43.3 Å². The summed E-state index contributed by atoms with van der Waals surface area (Å²) in [6.07, 6.45) is 2.60. The van der Waals surface area contributed by atoms with Crippen LogP contribution in [0.5, 0.6) is 5.75 Å². The monoisotopic (exact) mass is 382 g/mol. The van der Waals surface area contributed by atoms with Crippen LogP contribution in [0.1, 0.15) is 29.3 Å². The summed E-state index contributed by atoms with van der Waals surface area (Å²) in [7, 11) is 0. The third kappa shape index (κ3) is 3.97. The van der Waals surface area contributed by atoms with Gasteiger partial charge in [0, 0.05) is 5.56 Å². The zero-order valence-corrected chi connectivity index (χ0v) is 16.3. The van der Waals surface area contributed by atoms with E-state index in [-0.39, 0.29) is 5.91 Å². The Labute approximate surface area is 169 Å². The van der Waals surface area contributed by atoms with Gasteiger partial charge < -0.3 is 4.74 Å². The van der Waals surface area contributed by atoms with E-state index in [4.69, 9.17) is 4.74 Å². The van der Waals surface area contributed by atoms with Crippen LogP contribution < -0.4 is 10.2 Å². The number of hydrazone groups is 1. The zero-order chi connectivity index (χ0) is 20.1. The van der Waals surface area contributed by atoms with Crippen LogP contribution in [-0.2, 0) is 0 Å². The van der Waals surface area contributed by atoms with Crippen molar-refractivity contribution in [1.29, 1.82) is 0 Å². The first-order valence-corrected chi connectivity index (χ1v) is 9.73. The topological polar surface area (TPSA) is 50.7 Å². The van der Waals surface area contributed by atoms with E-state index in [0.29, 0.717) is 17.9 Å². The van der Waals surface area contributed by atoms with Gasteiger partial charge in [0.2, 0.25) is 0 Å². The molecule has 29 heavy (non-hydrogen) atoms. The molecule has 4 rings (SSSR count). The van der Waals surface area contributed by atoms with Crippen molar-refractivity contribution in [2.75, 3.05) is 6.61 Å². The summed E-state index contributed by atoms with van der Waals surface area (Å²) in [6.45, 7) is 2.59. The van der Waals surface area contributed by atoms with Crippen molar-refractivity contribution in [2.24, 2.45) is 5.10 Å². The highest BCUT2D eigenvalue weighted by atomic mass is 16.5. The van der Waals surface area contributed by atoms with Gasteiger partial charge in [-0.3, -0.25) is 4.79 Å². The lowest BCUT2D eigenvalue weighted by molar-refractivity contribution is 0.0951. The second-order valence-corrected chi connectivity index (χ2v) is 6.78. The van der Waals surface area contributed by atoms with Gasteiger partial charge in [-0.25, -0.2) is 5.43 Å². The average molecular weight is 382 g/mol. The quantitative estimate of drug-likeness (QED) is 0.270. The first kappa shape index (κ1) is 18.7. The molecule has 0 saturated carbocycles. The molecule has 0 heterocycles. The minimum Gasteiger partial charge on any atom is -0.493 e. The third-order valence-electron chi connectivity index (χ3n) is 4.77. The van der Waals surface area contributed by atoms with Crippen LogP contribution in [0.3, 0.4) is 0 Å². The second-order valence-electron chi connectivity index (χ2n) is 6.78. The maximum absolute atomic E-state index is 12.6. The van der Waals surface area contributed by atoms with E-state index in [0.717, 1.165) is 33.5 Å². The minimum atomic E-state index is -0.294. The van der Waals surface area contributed by atoms with Gasteiger partial charge in [-0.1, -0.05) is 67.6 Å². The fourth-order valence-corrected chi connectivity index (χ4v) is 3.40. The van der Waals surface area contributed by atoms with Crippen molar-refractivity contribution in [1.82, 2.24) is 5.43 Å². The van der Waals surface area contributed by atoms with E-state index in [9.17, 15) is 4.79 Å². The highest BCUT2D eigenvalue weighted by Gasteiger charge is 2.11. The molecule has 0 bridgehead atoms. The van der Waals surface area contributed by atoms with Gasteiger partial charge in [-0.15, -0.1) is 0 Å². The lowest BCUT2D eigenvalue weighted by Gasteiger charge is -2.10. The molecule has 0 atom stereocenters. The molecule has 4 heteroatoms. The Hall–Kier alpha value is -3.66. The van der Waals surface area contributed by atoms with Crippen LogP contribution in [0.2, 0.25) is 0 Å². The number of amides is 1. The molecule has 0 fully saturated rings. The average Bonchev–Trinajstić information content (AvgIpc) is 2.77. The summed E-state index contributed by atoms with van der Waals surface area (Å²) in [5.74, 6) is 0.273. The molecule has 0 radical (unpaired) electrons. The van der Waals surface area contributed by atoms with E-state index in [2.05, 4.69) is 40.9 Å². The predicted octanol–water partition coefficient (Wildman–Crippen LogP) is 5.55. The van der Waals surface area contributed by atoms with Gasteiger partial charge in [0.25, 0.3) is 5.91 Å². The summed E-state index contributed by atoms with van der Waals surface area (Å²) in [5, 5.41) is 8.72. The number of para-hydroxylation sites is 1. The molecule has 1 N–H and O–H groups in total. The smallest absolute Gasteiger partial charge is 0.275 e. The number of rotatable bonds is 6. The van der Waals surface area contributed by atoms with Crippen LogP contribution in [0, 0.1) is 0 Å². The summed E-state index contributed by atoms with van der Waals surface area (Å²) in [5.41, 5.74) is 4.10. The van der Waals surface area contributed by atoms with Crippen molar-refractivity contribution in [3.63, 3.8) is 0 Å². The number of carbonyl (C=O) groups is 1. The molecule has 4 nitrogen and oxygen atoms in total. The molecule has 1 amide bonds. The molecule has 0 saturated heterocycles. The van der Waals surface area contributed by atoms with Crippen LogP contribution in [0.4, 0.5) is 0 Å². The Bertz CT molecular complexity index is 1140. The van der Waals surface area contributed by atoms with Gasteiger partial charge in [0.05, 0.1) is 18.4 Å². The van der Waals surface area contributed by atoms with Crippen molar-refractivity contribution in [3.05, 3.63) is 90.0 Å². The Kier molecular flexibility index (Phi) is 5.52. The van der Waals surface area contributed by atoms with Crippen LogP contribution in [0.25, 0.3) is 21.5 Å². The number of hydrogen-bond acceptors (Lipinski definition) is 3. The number of fused-ring (bicyclic) bond motifs is 2. The zero-order valence-electron chi connectivity index (χ0n) is 16.3. The summed E-state index contributed by atoms with van der Waals surface area (Å²) in [4.78, 5) is 12.6. The summed E-state index contributed by atoms with van der Waals surface area (Å²) >= 11 is 0. The van der Waals surface area contributed by atoms with E-state index < -0.39 is 0 Å². The van der Waals surface area contributed by atoms with E-state index >= 15 is 0 Å². The molecule has 144 valence electrons. The van der Waals surface area contributed by atoms with Gasteiger partial charge >= 0.3 is 0 Å². The van der Waals surface area contributed by atoms with Gasteiger partial charge in [-0.2, -0.15) is 5.10 Å². The largest absolute Gasteiger partial charge is 0.493 e. The minimum absolute atomic E-state index is 0.294. The first-order valence-electron chi connectivity index (χ1n) is 9.73. The van der Waals surface area contributed by atoms with Gasteiger partial charge in [-0.05, 0) is 46.2 Å². The molecule has 0 spiro atoms. The molecule has 0 aliphatic rings. The molecular formula is C25H22N2O2. The maximum atomic E-state index is 12.6. The third-order valence-corrected chi connectivity index (χ3v) is 4.77. The summed E-state index contributed by atoms with van der Waals surface area (Å²) < 4.78 is 5.67. The standard InChI is InChI=1S/C25H22N2O2/c1-2-15-29-24-14-8-7-13-22(24)25(28)27-26-17-23-20-11-5-3-9-18(20)16-19-10-4-6-12-21(19)23/h3-14,16-17H,2,15H2,1H3,(H,27,28). The highest BCUT2D eigenvalue weighted by Crippen LogP contribution is 2.27. The Morgan fingerprint density at radius 3 is 2.24 bits per heavy atom. The van der Waals surface area contributed by atoms with Gasteiger partial charge in [0.1, 0.15) is 5.75 Å². The lowest BCUT2D eigenvalue weighted by Crippen LogP contribution is -2.18. The fourth-order valence-electron chi connectivity index (χ4n) is 3.40. The Balaban J connectivity index is 1.65. The SMILES string of the molecule is CCCOc1ccccc1C(=O)NN=Cc1c2ccccc2cc2ccccc12. The molecule has 0 aliphatic heterocycles. The van der Waals surface area contributed by atoms with Crippen molar-refractivity contribution in [3.8, 4) is 5.75 Å². The van der Waals surface area contributed by atoms with Gasteiger partial charge in [0.15, 0.2) is 0 Å². The molecule has 4 aromatic carbocycles. The molecule has 4 aromatic rings. The van der Waals surface area contributed by atoms with Crippen molar-refractivity contribution < 1.29 is 9.53 Å². The second kappa shape index (κ2) is 8.57. The van der Waals surface area contributed by atoms with E-state index in [1.165, 1.54) is 0 Å². The number of carbonyl (C=O) groups excluding carboxylic acids is 1. The number of nitrogens with one attached hydrogen (secondary N) is 1. The Morgan fingerprint density at radius 2 is 1.55 bits per heavy atom. The first-order chi connectivity index (χ1) is 14.3. The lowest BCUT2D eigenvalue weighted by atomic mass is 9.97. The van der Waals surface area contributed by atoms with Crippen molar-refractivity contribution in [2.45, 2.75) is 13.3 Å². The summed E-state index contributed by atoms with van der Waals surface area (Å²) in [6, 6.07) is 25.7.